The summed E-state index contributed by atoms with van der Waals surface area (Å²) in [6.07, 6.45) is -0.499. The standard InChI is InChI=1S/C19H33N5O8S/c1-3-9(2)15(18(30)22-11(19(31)32)5-7-14(26)27)24-17(29)12(8-33)23-16(28)10(20)4-6-13(21)25/h9-12,15,33H,3-8,20H2,1-2H3,(H2,21,25)(H,22,30)(H,23,28)(H,24,29)(H,26,27)(H,31,32). The number of primary amides is 1. The van der Waals surface area contributed by atoms with Crippen LogP contribution in [0, 0.1) is 5.92 Å². The van der Waals surface area contributed by atoms with E-state index in [9.17, 15) is 33.9 Å². The lowest BCUT2D eigenvalue weighted by molar-refractivity contribution is -0.143. The number of carboxylic acids is 2. The molecule has 14 heteroatoms. The number of thiol groups is 1. The third-order valence-electron chi connectivity index (χ3n) is 4.91. The second-order valence-electron chi connectivity index (χ2n) is 7.56. The molecule has 0 aliphatic carbocycles. The first-order valence-electron chi connectivity index (χ1n) is 10.3. The first-order valence-corrected chi connectivity index (χ1v) is 11.0. The van der Waals surface area contributed by atoms with Gasteiger partial charge >= 0.3 is 11.9 Å². The Morgan fingerprint density at radius 3 is 1.91 bits per heavy atom. The van der Waals surface area contributed by atoms with Crippen molar-refractivity contribution in [1.82, 2.24) is 16.0 Å². The molecule has 5 unspecified atom stereocenters. The van der Waals surface area contributed by atoms with Gasteiger partial charge in [0.1, 0.15) is 18.1 Å². The molecule has 0 saturated carbocycles. The Morgan fingerprint density at radius 1 is 0.879 bits per heavy atom. The first kappa shape index (κ1) is 30.1. The van der Waals surface area contributed by atoms with Crippen molar-refractivity contribution < 1.29 is 39.0 Å². The first-order chi connectivity index (χ1) is 15.3. The van der Waals surface area contributed by atoms with Gasteiger partial charge in [0.15, 0.2) is 0 Å². The highest BCUT2D eigenvalue weighted by Crippen LogP contribution is 2.10. The maximum atomic E-state index is 12.7. The van der Waals surface area contributed by atoms with Crippen molar-refractivity contribution in [3.63, 3.8) is 0 Å². The summed E-state index contributed by atoms with van der Waals surface area (Å²) in [6, 6.07) is -4.87. The number of carbonyl (C=O) groups is 6. The van der Waals surface area contributed by atoms with Crippen molar-refractivity contribution >= 4 is 48.2 Å². The summed E-state index contributed by atoms with van der Waals surface area (Å²) >= 11 is 4.04. The van der Waals surface area contributed by atoms with E-state index in [1.807, 2.05) is 0 Å². The molecule has 0 aromatic rings. The molecule has 9 N–H and O–H groups in total. The average molecular weight is 492 g/mol. The van der Waals surface area contributed by atoms with Crippen LogP contribution in [-0.4, -0.2) is 75.7 Å². The summed E-state index contributed by atoms with van der Waals surface area (Å²) in [5.41, 5.74) is 10.7. The van der Waals surface area contributed by atoms with E-state index >= 15 is 0 Å². The number of nitrogens with one attached hydrogen (secondary N) is 3. The lowest BCUT2D eigenvalue weighted by atomic mass is 9.97. The molecule has 188 valence electrons. The largest absolute Gasteiger partial charge is 0.481 e. The Labute approximate surface area is 196 Å². The minimum absolute atomic E-state index is 0.0209. The average Bonchev–Trinajstić information content (AvgIpc) is 2.75. The van der Waals surface area contributed by atoms with Gasteiger partial charge in [0.25, 0.3) is 0 Å². The van der Waals surface area contributed by atoms with Gasteiger partial charge in [-0.25, -0.2) is 4.79 Å². The molecule has 0 aromatic carbocycles. The predicted octanol–water partition coefficient (Wildman–Crippen LogP) is -2.04. The molecule has 5 atom stereocenters. The maximum absolute atomic E-state index is 12.7. The van der Waals surface area contributed by atoms with E-state index in [4.69, 9.17) is 16.6 Å². The number of carboxylic acid groups (broad SMARTS) is 2. The molecule has 0 heterocycles. The van der Waals surface area contributed by atoms with Gasteiger partial charge in [0.05, 0.1) is 6.04 Å². The summed E-state index contributed by atoms with van der Waals surface area (Å²) < 4.78 is 0. The topological polar surface area (TPSA) is 231 Å². The van der Waals surface area contributed by atoms with Crippen molar-refractivity contribution in [3.05, 3.63) is 0 Å². The number of hydrogen-bond donors (Lipinski definition) is 8. The number of hydrogen-bond acceptors (Lipinski definition) is 8. The molecule has 0 aliphatic heterocycles. The second kappa shape index (κ2) is 15.1. The van der Waals surface area contributed by atoms with Gasteiger partial charge < -0.3 is 37.6 Å². The normalized spacial score (nSPS) is 15.3. The Balaban J connectivity index is 5.29. The zero-order chi connectivity index (χ0) is 25.7. The van der Waals surface area contributed by atoms with Crippen LogP contribution in [0.2, 0.25) is 0 Å². The van der Waals surface area contributed by atoms with Gasteiger partial charge in [0, 0.05) is 18.6 Å². The number of rotatable bonds is 16. The monoisotopic (exact) mass is 491 g/mol. The van der Waals surface area contributed by atoms with E-state index in [1.165, 1.54) is 0 Å². The van der Waals surface area contributed by atoms with Crippen LogP contribution in [0.15, 0.2) is 0 Å². The summed E-state index contributed by atoms with van der Waals surface area (Å²) in [6.45, 7) is 3.41. The molecule has 0 saturated heterocycles. The fourth-order valence-corrected chi connectivity index (χ4v) is 2.90. The number of carbonyl (C=O) groups excluding carboxylic acids is 4. The number of nitrogens with two attached hydrogens (primary N) is 2. The Hall–Kier alpha value is -2.87. The van der Waals surface area contributed by atoms with Crippen LogP contribution >= 0.6 is 12.6 Å². The third kappa shape index (κ3) is 11.5. The molecule has 0 aromatic heterocycles. The zero-order valence-electron chi connectivity index (χ0n) is 18.6. The molecule has 0 spiro atoms. The molecule has 0 radical (unpaired) electrons. The molecular weight excluding hydrogens is 458 g/mol. The van der Waals surface area contributed by atoms with Crippen LogP contribution in [0.25, 0.3) is 0 Å². The Morgan fingerprint density at radius 2 is 1.45 bits per heavy atom. The summed E-state index contributed by atoms with van der Waals surface area (Å²) in [7, 11) is 0. The van der Waals surface area contributed by atoms with Gasteiger partial charge in [-0.15, -0.1) is 0 Å². The molecule has 13 nitrogen and oxygen atoms in total. The fraction of sp³-hybridized carbons (Fsp3) is 0.684. The molecular formula is C19H33N5O8S. The van der Waals surface area contributed by atoms with Crippen molar-refractivity contribution in [2.24, 2.45) is 17.4 Å². The van der Waals surface area contributed by atoms with Gasteiger partial charge in [-0.2, -0.15) is 12.6 Å². The molecule has 0 fully saturated rings. The van der Waals surface area contributed by atoms with Gasteiger partial charge in [-0.3, -0.25) is 24.0 Å². The summed E-state index contributed by atoms with van der Waals surface area (Å²) in [4.78, 5) is 70.6. The zero-order valence-corrected chi connectivity index (χ0v) is 19.5. The summed E-state index contributed by atoms with van der Waals surface area (Å²) in [5.74, 6) is -6.09. The van der Waals surface area contributed by atoms with E-state index in [0.717, 1.165) is 0 Å². The van der Waals surface area contributed by atoms with Crippen LogP contribution in [0.3, 0.4) is 0 Å². The number of aliphatic carboxylic acids is 2. The van der Waals surface area contributed by atoms with E-state index in [2.05, 4.69) is 28.6 Å². The smallest absolute Gasteiger partial charge is 0.326 e. The molecule has 0 aliphatic rings. The highest BCUT2D eigenvalue weighted by Gasteiger charge is 2.32. The maximum Gasteiger partial charge on any atom is 0.326 e. The minimum Gasteiger partial charge on any atom is -0.481 e. The Bertz CT molecular complexity index is 735. The minimum atomic E-state index is -1.46. The van der Waals surface area contributed by atoms with E-state index < -0.39 is 72.1 Å². The SMILES string of the molecule is CCC(C)C(NC(=O)C(CS)NC(=O)C(N)CCC(N)=O)C(=O)NC(CCC(=O)O)C(=O)O. The van der Waals surface area contributed by atoms with E-state index in [-0.39, 0.29) is 25.0 Å². The predicted molar refractivity (Wildman–Crippen MR) is 120 cm³/mol. The third-order valence-corrected chi connectivity index (χ3v) is 5.27. The molecule has 0 rings (SSSR count). The van der Waals surface area contributed by atoms with E-state index in [0.29, 0.717) is 6.42 Å². The lowest BCUT2D eigenvalue weighted by Gasteiger charge is -2.27. The Kier molecular flexibility index (Phi) is 13.7. The highest BCUT2D eigenvalue weighted by atomic mass is 32.1. The summed E-state index contributed by atoms with van der Waals surface area (Å²) in [5, 5.41) is 25.1. The second-order valence-corrected chi connectivity index (χ2v) is 7.92. The molecule has 33 heavy (non-hydrogen) atoms. The van der Waals surface area contributed by atoms with Crippen LogP contribution in [0.1, 0.15) is 46.0 Å². The van der Waals surface area contributed by atoms with Crippen molar-refractivity contribution in [2.75, 3.05) is 5.75 Å². The molecule has 0 bridgehead atoms. The lowest BCUT2D eigenvalue weighted by Crippen LogP contribution is -2.59. The van der Waals surface area contributed by atoms with Crippen molar-refractivity contribution in [1.29, 1.82) is 0 Å². The number of amides is 4. The highest BCUT2D eigenvalue weighted by molar-refractivity contribution is 7.80. The van der Waals surface area contributed by atoms with E-state index in [1.54, 1.807) is 13.8 Å². The van der Waals surface area contributed by atoms with Crippen molar-refractivity contribution in [2.45, 2.75) is 70.1 Å². The van der Waals surface area contributed by atoms with Crippen LogP contribution in [-0.2, 0) is 28.8 Å². The van der Waals surface area contributed by atoms with Crippen LogP contribution < -0.4 is 27.4 Å². The van der Waals surface area contributed by atoms with Crippen molar-refractivity contribution in [3.8, 4) is 0 Å². The molecule has 4 amide bonds. The van der Waals surface area contributed by atoms with Gasteiger partial charge in [0.2, 0.25) is 23.6 Å². The fourth-order valence-electron chi connectivity index (χ4n) is 2.64. The van der Waals surface area contributed by atoms with Gasteiger partial charge in [-0.1, -0.05) is 20.3 Å². The van der Waals surface area contributed by atoms with Crippen LogP contribution in [0.4, 0.5) is 0 Å². The van der Waals surface area contributed by atoms with Gasteiger partial charge in [-0.05, 0) is 18.8 Å². The quantitative estimate of drug-likeness (QED) is 0.111. The van der Waals surface area contributed by atoms with Crippen LogP contribution in [0.5, 0.6) is 0 Å².